The second kappa shape index (κ2) is 7.96. The smallest absolute Gasteiger partial charge is 0.310 e. The van der Waals surface area contributed by atoms with Crippen molar-refractivity contribution in [1.82, 2.24) is 10.1 Å². The minimum Gasteiger partial charge on any atom is -0.466 e. The number of carbonyl (C=O) groups excluding carboxylic acids is 2. The summed E-state index contributed by atoms with van der Waals surface area (Å²) in [4.78, 5) is 26.2. The van der Waals surface area contributed by atoms with E-state index in [1.807, 2.05) is 30.3 Å². The molecule has 1 atom stereocenters. The largest absolute Gasteiger partial charge is 0.466 e. The Morgan fingerprint density at radius 1 is 1.32 bits per heavy atom. The summed E-state index contributed by atoms with van der Waals surface area (Å²) in [5.74, 6) is 0.163. The molecule has 2 heterocycles. The highest BCUT2D eigenvalue weighted by molar-refractivity contribution is 5.80. The van der Waals surface area contributed by atoms with Crippen molar-refractivity contribution < 1.29 is 18.8 Å². The Labute approximate surface area is 146 Å². The van der Waals surface area contributed by atoms with Gasteiger partial charge in [-0.2, -0.15) is 0 Å². The van der Waals surface area contributed by atoms with Crippen LogP contribution < -0.4 is 0 Å². The summed E-state index contributed by atoms with van der Waals surface area (Å²) in [7, 11) is 0. The van der Waals surface area contributed by atoms with Crippen molar-refractivity contribution in [3.05, 3.63) is 42.1 Å². The number of ether oxygens (including phenoxy) is 1. The van der Waals surface area contributed by atoms with Crippen LogP contribution in [0.15, 0.2) is 40.9 Å². The van der Waals surface area contributed by atoms with E-state index in [2.05, 4.69) is 5.16 Å². The molecule has 25 heavy (non-hydrogen) atoms. The number of benzene rings is 1. The molecule has 2 aromatic rings. The molecule has 1 aliphatic rings. The third-order valence-electron chi connectivity index (χ3n) is 4.34. The van der Waals surface area contributed by atoms with E-state index in [0.717, 1.165) is 18.4 Å². The predicted molar refractivity (Wildman–Crippen MR) is 91.6 cm³/mol. The first-order chi connectivity index (χ1) is 12.2. The molecule has 132 valence electrons. The quantitative estimate of drug-likeness (QED) is 0.781. The number of hydrogen-bond donors (Lipinski definition) is 0. The lowest BCUT2D eigenvalue weighted by atomic mass is 9.98. The first kappa shape index (κ1) is 17.2. The summed E-state index contributed by atoms with van der Waals surface area (Å²) in [6.45, 7) is 3.24. The Morgan fingerprint density at radius 3 is 2.88 bits per heavy atom. The van der Waals surface area contributed by atoms with Crippen LogP contribution >= 0.6 is 0 Å². The summed E-state index contributed by atoms with van der Waals surface area (Å²) in [5, 5.41) is 4.00. The zero-order valence-electron chi connectivity index (χ0n) is 14.3. The number of piperidine rings is 1. The van der Waals surface area contributed by atoms with Gasteiger partial charge in [0.05, 0.1) is 24.6 Å². The second-order valence-corrected chi connectivity index (χ2v) is 6.16. The highest BCUT2D eigenvalue weighted by Crippen LogP contribution is 2.22. The number of rotatable bonds is 5. The molecule has 1 aliphatic heterocycles. The zero-order chi connectivity index (χ0) is 17.6. The molecular formula is C19H22N2O4. The van der Waals surface area contributed by atoms with E-state index in [-0.39, 0.29) is 24.2 Å². The molecule has 1 unspecified atom stereocenters. The normalized spacial score (nSPS) is 17.3. The fraction of sp³-hybridized carbons (Fsp3) is 0.421. The monoisotopic (exact) mass is 342 g/mol. The van der Waals surface area contributed by atoms with E-state index in [9.17, 15) is 9.59 Å². The van der Waals surface area contributed by atoms with Crippen LogP contribution in [-0.4, -0.2) is 41.6 Å². The molecule has 0 N–H and O–H groups in total. The average Bonchev–Trinajstić information content (AvgIpc) is 3.11. The lowest BCUT2D eigenvalue weighted by molar-refractivity contribution is -0.151. The van der Waals surface area contributed by atoms with Gasteiger partial charge in [0, 0.05) is 24.7 Å². The molecule has 0 spiro atoms. The number of hydrogen-bond acceptors (Lipinski definition) is 5. The highest BCUT2D eigenvalue weighted by Gasteiger charge is 2.29. The topological polar surface area (TPSA) is 72.6 Å². The zero-order valence-corrected chi connectivity index (χ0v) is 14.3. The van der Waals surface area contributed by atoms with E-state index in [1.54, 1.807) is 17.9 Å². The van der Waals surface area contributed by atoms with Crippen molar-refractivity contribution >= 4 is 11.9 Å². The van der Waals surface area contributed by atoms with Gasteiger partial charge in [-0.25, -0.2) is 0 Å². The number of esters is 1. The third kappa shape index (κ3) is 4.26. The van der Waals surface area contributed by atoms with Gasteiger partial charge in [-0.15, -0.1) is 0 Å². The highest BCUT2D eigenvalue weighted by atomic mass is 16.5. The minimum atomic E-state index is -0.227. The van der Waals surface area contributed by atoms with E-state index >= 15 is 0 Å². The van der Waals surface area contributed by atoms with Gasteiger partial charge in [0.2, 0.25) is 5.91 Å². The molecular weight excluding hydrogens is 320 g/mol. The fourth-order valence-electron chi connectivity index (χ4n) is 3.06. The fourth-order valence-corrected chi connectivity index (χ4v) is 3.06. The summed E-state index contributed by atoms with van der Waals surface area (Å²) >= 11 is 0. The molecule has 0 saturated carbocycles. The summed E-state index contributed by atoms with van der Waals surface area (Å²) in [6.07, 6.45) is 1.75. The Morgan fingerprint density at radius 2 is 2.12 bits per heavy atom. The molecule has 0 bridgehead atoms. The lowest BCUT2D eigenvalue weighted by Gasteiger charge is -2.31. The van der Waals surface area contributed by atoms with Crippen molar-refractivity contribution in [3.8, 4) is 11.3 Å². The van der Waals surface area contributed by atoms with E-state index in [1.165, 1.54) is 0 Å². The Hall–Kier alpha value is -2.63. The summed E-state index contributed by atoms with van der Waals surface area (Å²) in [5.41, 5.74) is 1.52. The molecule has 1 fully saturated rings. The third-order valence-corrected chi connectivity index (χ3v) is 4.34. The number of aromatic nitrogens is 1. The number of carbonyl (C=O) groups is 2. The first-order valence-electron chi connectivity index (χ1n) is 8.62. The van der Waals surface area contributed by atoms with E-state index < -0.39 is 0 Å². The molecule has 0 aliphatic carbocycles. The number of amides is 1. The van der Waals surface area contributed by atoms with Crippen molar-refractivity contribution in [3.63, 3.8) is 0 Å². The molecule has 1 aromatic carbocycles. The average molecular weight is 342 g/mol. The van der Waals surface area contributed by atoms with Crippen molar-refractivity contribution in [2.24, 2.45) is 5.92 Å². The maximum absolute atomic E-state index is 12.5. The molecule has 6 heteroatoms. The SMILES string of the molecule is CCOC(=O)C1CCCN(C(=O)Cc2cc(-c3ccccc3)on2)C1. The van der Waals surface area contributed by atoms with Crippen LogP contribution in [0.25, 0.3) is 11.3 Å². The van der Waals surface area contributed by atoms with Crippen molar-refractivity contribution in [2.75, 3.05) is 19.7 Å². The van der Waals surface area contributed by atoms with Crippen LogP contribution in [0.2, 0.25) is 0 Å². The molecule has 1 aromatic heterocycles. The van der Waals surface area contributed by atoms with Crippen LogP contribution in [0, 0.1) is 5.92 Å². The van der Waals surface area contributed by atoms with Gasteiger partial charge in [0.1, 0.15) is 0 Å². The van der Waals surface area contributed by atoms with Crippen LogP contribution in [0.4, 0.5) is 0 Å². The van der Waals surface area contributed by atoms with Gasteiger partial charge in [-0.1, -0.05) is 35.5 Å². The maximum atomic E-state index is 12.5. The molecule has 0 radical (unpaired) electrons. The van der Waals surface area contributed by atoms with Crippen molar-refractivity contribution in [1.29, 1.82) is 0 Å². The van der Waals surface area contributed by atoms with Gasteiger partial charge in [0.15, 0.2) is 5.76 Å². The number of nitrogens with zero attached hydrogens (tertiary/aromatic N) is 2. The predicted octanol–water partition coefficient (Wildman–Crippen LogP) is 2.69. The van der Waals surface area contributed by atoms with Crippen LogP contribution in [0.1, 0.15) is 25.5 Å². The van der Waals surface area contributed by atoms with Gasteiger partial charge in [-0.3, -0.25) is 9.59 Å². The van der Waals surface area contributed by atoms with Crippen LogP contribution in [0.3, 0.4) is 0 Å². The number of likely N-dealkylation sites (tertiary alicyclic amines) is 1. The van der Waals surface area contributed by atoms with E-state index in [4.69, 9.17) is 9.26 Å². The standard InChI is InChI=1S/C19H22N2O4/c1-2-24-19(23)15-9-6-10-21(13-15)18(22)12-16-11-17(25-20-16)14-7-4-3-5-8-14/h3-5,7-8,11,15H,2,6,9-10,12-13H2,1H3. The molecule has 1 saturated heterocycles. The van der Waals surface area contributed by atoms with Crippen LogP contribution in [-0.2, 0) is 20.7 Å². The molecule has 1 amide bonds. The summed E-state index contributed by atoms with van der Waals surface area (Å²) < 4.78 is 10.4. The van der Waals surface area contributed by atoms with Crippen LogP contribution in [0.5, 0.6) is 0 Å². The Balaban J connectivity index is 1.60. The Kier molecular flexibility index (Phi) is 5.48. The first-order valence-corrected chi connectivity index (χ1v) is 8.62. The Bertz CT molecular complexity index is 726. The molecule has 3 rings (SSSR count). The summed E-state index contributed by atoms with van der Waals surface area (Å²) in [6, 6.07) is 11.4. The maximum Gasteiger partial charge on any atom is 0.310 e. The lowest BCUT2D eigenvalue weighted by Crippen LogP contribution is -2.43. The second-order valence-electron chi connectivity index (χ2n) is 6.16. The van der Waals surface area contributed by atoms with Gasteiger partial charge in [0.25, 0.3) is 0 Å². The van der Waals surface area contributed by atoms with Crippen molar-refractivity contribution in [2.45, 2.75) is 26.2 Å². The van der Waals surface area contributed by atoms with Gasteiger partial charge < -0.3 is 14.2 Å². The minimum absolute atomic E-state index is 0.0399. The van der Waals surface area contributed by atoms with E-state index in [0.29, 0.717) is 31.2 Å². The molecule has 6 nitrogen and oxygen atoms in total. The van der Waals surface area contributed by atoms with Gasteiger partial charge in [-0.05, 0) is 19.8 Å². The van der Waals surface area contributed by atoms with Gasteiger partial charge >= 0.3 is 5.97 Å².